The van der Waals surface area contributed by atoms with E-state index in [1.165, 1.54) is 10.9 Å². The molecule has 0 bridgehead atoms. The third-order valence-electron chi connectivity index (χ3n) is 3.84. The second-order valence-electron chi connectivity index (χ2n) is 5.16. The van der Waals surface area contributed by atoms with Gasteiger partial charge in [0.1, 0.15) is 0 Å². The number of aromatic nitrogens is 2. The molecular formula is C12H15F3N2O3. The maximum atomic E-state index is 12.6. The molecule has 1 aliphatic heterocycles. The van der Waals surface area contributed by atoms with Crippen LogP contribution in [-0.2, 0) is 15.7 Å². The highest BCUT2D eigenvalue weighted by Gasteiger charge is 2.46. The Morgan fingerprint density at radius 3 is 2.65 bits per heavy atom. The number of rotatable bonds is 1. The molecule has 20 heavy (non-hydrogen) atoms. The molecule has 0 radical (unpaired) electrons. The standard InChI is InChI=1S/C12H15F3N2O3/c13-12(14,15)10-2-4-17(16-10)8-7-11(3-1-9(8)18)19-5-6-20-11/h2,4,8-9,18H,1,3,5-7H2. The first-order valence-electron chi connectivity index (χ1n) is 6.48. The van der Waals surface area contributed by atoms with Gasteiger partial charge in [-0.05, 0) is 12.5 Å². The molecule has 0 amide bonds. The third-order valence-corrected chi connectivity index (χ3v) is 3.84. The zero-order valence-electron chi connectivity index (χ0n) is 10.6. The second kappa shape index (κ2) is 4.71. The van der Waals surface area contributed by atoms with Crippen molar-refractivity contribution in [3.8, 4) is 0 Å². The molecule has 112 valence electrons. The molecule has 1 saturated carbocycles. The fourth-order valence-electron chi connectivity index (χ4n) is 2.82. The minimum absolute atomic E-state index is 0.299. The van der Waals surface area contributed by atoms with E-state index < -0.39 is 29.8 Å². The van der Waals surface area contributed by atoms with E-state index in [9.17, 15) is 18.3 Å². The average Bonchev–Trinajstić information content (AvgIpc) is 3.02. The van der Waals surface area contributed by atoms with E-state index in [1.54, 1.807) is 0 Å². The first kappa shape index (κ1) is 13.8. The van der Waals surface area contributed by atoms with Gasteiger partial charge in [0.2, 0.25) is 0 Å². The molecule has 2 unspecified atom stereocenters. The predicted molar refractivity (Wildman–Crippen MR) is 60.8 cm³/mol. The van der Waals surface area contributed by atoms with Crippen molar-refractivity contribution < 1.29 is 27.8 Å². The van der Waals surface area contributed by atoms with Crippen molar-refractivity contribution >= 4 is 0 Å². The Kier molecular flexibility index (Phi) is 3.26. The Morgan fingerprint density at radius 1 is 1.35 bits per heavy atom. The fraction of sp³-hybridized carbons (Fsp3) is 0.750. The van der Waals surface area contributed by atoms with E-state index >= 15 is 0 Å². The summed E-state index contributed by atoms with van der Waals surface area (Å²) in [7, 11) is 0. The SMILES string of the molecule is OC1CCC2(CC1n1ccc(C(F)(F)F)n1)OCCO2. The molecule has 2 atom stereocenters. The van der Waals surface area contributed by atoms with E-state index in [0.717, 1.165) is 6.07 Å². The summed E-state index contributed by atoms with van der Waals surface area (Å²) in [6.07, 6.45) is -2.75. The molecule has 3 rings (SSSR count). The Labute approximate surface area is 113 Å². The summed E-state index contributed by atoms with van der Waals surface area (Å²) >= 11 is 0. The number of halogens is 3. The minimum atomic E-state index is -4.48. The summed E-state index contributed by atoms with van der Waals surface area (Å²) in [6, 6.07) is 0.336. The van der Waals surface area contributed by atoms with Crippen molar-refractivity contribution in [1.82, 2.24) is 9.78 Å². The molecule has 2 heterocycles. The van der Waals surface area contributed by atoms with Gasteiger partial charge in [-0.1, -0.05) is 0 Å². The Morgan fingerprint density at radius 2 is 2.05 bits per heavy atom. The molecule has 1 aliphatic carbocycles. The van der Waals surface area contributed by atoms with Crippen molar-refractivity contribution in [2.75, 3.05) is 13.2 Å². The quantitative estimate of drug-likeness (QED) is 0.856. The molecule has 1 N–H and O–H groups in total. The van der Waals surface area contributed by atoms with Gasteiger partial charge < -0.3 is 14.6 Å². The van der Waals surface area contributed by atoms with E-state index in [4.69, 9.17) is 9.47 Å². The van der Waals surface area contributed by atoms with Crippen LogP contribution in [0.25, 0.3) is 0 Å². The van der Waals surface area contributed by atoms with Gasteiger partial charge in [0.15, 0.2) is 11.5 Å². The molecule has 1 aromatic rings. The molecular weight excluding hydrogens is 277 g/mol. The minimum Gasteiger partial charge on any atom is -0.391 e. The van der Waals surface area contributed by atoms with Crippen molar-refractivity contribution in [1.29, 1.82) is 0 Å². The van der Waals surface area contributed by atoms with Crippen LogP contribution in [0.5, 0.6) is 0 Å². The summed E-state index contributed by atoms with van der Waals surface area (Å²) < 4.78 is 50.0. The van der Waals surface area contributed by atoms with Gasteiger partial charge in [-0.25, -0.2) is 0 Å². The highest BCUT2D eigenvalue weighted by molar-refractivity contribution is 5.05. The molecule has 2 fully saturated rings. The molecule has 1 spiro atoms. The summed E-state index contributed by atoms with van der Waals surface area (Å²) in [5.74, 6) is -0.783. The maximum absolute atomic E-state index is 12.6. The van der Waals surface area contributed by atoms with Crippen molar-refractivity contribution in [2.45, 2.75) is 43.4 Å². The van der Waals surface area contributed by atoms with Gasteiger partial charge in [0.25, 0.3) is 0 Å². The second-order valence-corrected chi connectivity index (χ2v) is 5.16. The number of hydrogen-bond donors (Lipinski definition) is 1. The maximum Gasteiger partial charge on any atom is 0.435 e. The van der Waals surface area contributed by atoms with Crippen molar-refractivity contribution in [2.24, 2.45) is 0 Å². The lowest BCUT2D eigenvalue weighted by atomic mass is 9.87. The molecule has 8 heteroatoms. The zero-order chi connectivity index (χ0) is 14.4. The first-order chi connectivity index (χ1) is 9.40. The molecule has 1 aromatic heterocycles. The normalized spacial score (nSPS) is 30.0. The molecule has 0 aromatic carbocycles. The van der Waals surface area contributed by atoms with Crippen LogP contribution in [-0.4, -0.2) is 40.0 Å². The number of nitrogens with zero attached hydrogens (tertiary/aromatic N) is 2. The van der Waals surface area contributed by atoms with Gasteiger partial charge >= 0.3 is 6.18 Å². The Hall–Kier alpha value is -1.12. The smallest absolute Gasteiger partial charge is 0.391 e. The van der Waals surface area contributed by atoms with Gasteiger partial charge in [-0.2, -0.15) is 18.3 Å². The Bertz CT molecular complexity index is 483. The van der Waals surface area contributed by atoms with Gasteiger partial charge in [-0.3, -0.25) is 4.68 Å². The molecule has 2 aliphatic rings. The lowest BCUT2D eigenvalue weighted by Crippen LogP contribution is -2.43. The summed E-state index contributed by atoms with van der Waals surface area (Å²) in [6.45, 7) is 0.936. The number of ether oxygens (including phenoxy) is 2. The summed E-state index contributed by atoms with van der Waals surface area (Å²) in [5.41, 5.74) is -0.961. The monoisotopic (exact) mass is 292 g/mol. The number of alkyl halides is 3. The van der Waals surface area contributed by atoms with Gasteiger partial charge in [-0.15, -0.1) is 0 Å². The van der Waals surface area contributed by atoms with Crippen molar-refractivity contribution in [3.05, 3.63) is 18.0 Å². The van der Waals surface area contributed by atoms with Gasteiger partial charge in [0.05, 0.1) is 25.4 Å². The largest absolute Gasteiger partial charge is 0.435 e. The predicted octanol–water partition coefficient (Wildman–Crippen LogP) is 1.73. The van der Waals surface area contributed by atoms with Crippen LogP contribution in [0.15, 0.2) is 12.3 Å². The van der Waals surface area contributed by atoms with Crippen LogP contribution in [0.1, 0.15) is 31.0 Å². The van der Waals surface area contributed by atoms with E-state index in [2.05, 4.69) is 5.10 Å². The lowest BCUT2D eigenvalue weighted by molar-refractivity contribution is -0.200. The zero-order valence-corrected chi connectivity index (χ0v) is 10.6. The number of aliphatic hydroxyl groups is 1. The average molecular weight is 292 g/mol. The van der Waals surface area contributed by atoms with Crippen molar-refractivity contribution in [3.63, 3.8) is 0 Å². The van der Waals surface area contributed by atoms with E-state index in [0.29, 0.717) is 32.5 Å². The number of hydrogen-bond acceptors (Lipinski definition) is 4. The topological polar surface area (TPSA) is 56.5 Å². The summed E-state index contributed by atoms with van der Waals surface area (Å²) in [4.78, 5) is 0. The van der Waals surface area contributed by atoms with Crippen LogP contribution in [0, 0.1) is 0 Å². The third kappa shape index (κ3) is 2.43. The first-order valence-corrected chi connectivity index (χ1v) is 6.48. The highest BCUT2D eigenvalue weighted by Crippen LogP contribution is 2.41. The van der Waals surface area contributed by atoms with Gasteiger partial charge in [0, 0.05) is 19.0 Å². The van der Waals surface area contributed by atoms with E-state index in [-0.39, 0.29) is 0 Å². The van der Waals surface area contributed by atoms with Crippen LogP contribution in [0.3, 0.4) is 0 Å². The summed E-state index contributed by atoms with van der Waals surface area (Å²) in [5, 5.41) is 13.6. The Balaban J connectivity index is 1.82. The highest BCUT2D eigenvalue weighted by atomic mass is 19.4. The lowest BCUT2D eigenvalue weighted by Gasteiger charge is -2.39. The molecule has 1 saturated heterocycles. The van der Waals surface area contributed by atoms with Crippen LogP contribution < -0.4 is 0 Å². The fourth-order valence-corrected chi connectivity index (χ4v) is 2.82. The van der Waals surface area contributed by atoms with E-state index in [1.807, 2.05) is 0 Å². The molecule has 5 nitrogen and oxygen atoms in total. The van der Waals surface area contributed by atoms with Crippen LogP contribution >= 0.6 is 0 Å². The van der Waals surface area contributed by atoms with Crippen LogP contribution in [0.2, 0.25) is 0 Å². The van der Waals surface area contributed by atoms with Crippen LogP contribution in [0.4, 0.5) is 13.2 Å². The number of aliphatic hydroxyl groups excluding tert-OH is 1.